The van der Waals surface area contributed by atoms with E-state index in [1.54, 1.807) is 29.4 Å². The molecule has 0 saturated heterocycles. The lowest BCUT2D eigenvalue weighted by Gasteiger charge is -2.12. The van der Waals surface area contributed by atoms with E-state index in [1.165, 1.54) is 4.57 Å². The minimum Gasteiger partial charge on any atom is -0.393 e. The van der Waals surface area contributed by atoms with Crippen LogP contribution in [0.2, 0.25) is 0 Å². The fourth-order valence-corrected chi connectivity index (χ4v) is 3.19. The zero-order valence-electron chi connectivity index (χ0n) is 15.9. The molecule has 0 radical (unpaired) electrons. The Kier molecular flexibility index (Phi) is 7.59. The van der Waals surface area contributed by atoms with E-state index in [0.29, 0.717) is 43.6 Å². The highest BCUT2D eigenvalue weighted by molar-refractivity contribution is 5.69. The van der Waals surface area contributed by atoms with Crippen LogP contribution >= 0.6 is 0 Å². The van der Waals surface area contributed by atoms with Gasteiger partial charge in [-0.15, -0.1) is 0 Å². The van der Waals surface area contributed by atoms with E-state index in [-0.39, 0.29) is 17.4 Å². The van der Waals surface area contributed by atoms with Crippen molar-refractivity contribution in [2.24, 2.45) is 12.8 Å². The van der Waals surface area contributed by atoms with Crippen LogP contribution in [-0.2, 0) is 20.1 Å². The second kappa shape index (κ2) is 9.68. The molecule has 0 unspecified atom stereocenters. The summed E-state index contributed by atoms with van der Waals surface area (Å²) in [7, 11) is 1.77. The third kappa shape index (κ3) is 4.82. The van der Waals surface area contributed by atoms with E-state index in [0.717, 1.165) is 32.1 Å². The number of rotatable bonds is 11. The number of hydrogen-bond acceptors (Lipinski definition) is 5. The van der Waals surface area contributed by atoms with Gasteiger partial charge in [0, 0.05) is 20.1 Å². The predicted octanol–water partition coefficient (Wildman–Crippen LogP) is 0.967. The van der Waals surface area contributed by atoms with Crippen molar-refractivity contribution in [3.8, 4) is 0 Å². The molecule has 2 rings (SSSR count). The number of nitrogens with zero attached hydrogens (tertiary/aromatic N) is 4. The Morgan fingerprint density at radius 3 is 2.42 bits per heavy atom. The number of unbranched alkanes of at least 4 members (excludes halogenated alkanes) is 4. The van der Waals surface area contributed by atoms with Crippen molar-refractivity contribution in [2.75, 3.05) is 6.54 Å². The number of fused-ring (bicyclic) bond motifs is 1. The Labute approximate surface area is 153 Å². The lowest BCUT2D eigenvalue weighted by Crippen LogP contribution is -2.40. The van der Waals surface area contributed by atoms with E-state index in [9.17, 15) is 14.7 Å². The largest absolute Gasteiger partial charge is 0.393 e. The van der Waals surface area contributed by atoms with Gasteiger partial charge in [-0.2, -0.15) is 0 Å². The van der Waals surface area contributed by atoms with Crippen LogP contribution in [0.5, 0.6) is 0 Å². The third-order valence-corrected chi connectivity index (χ3v) is 4.67. The number of aromatic nitrogens is 4. The molecule has 2 aromatic rings. The van der Waals surface area contributed by atoms with Crippen LogP contribution in [0, 0.1) is 0 Å². The van der Waals surface area contributed by atoms with Crippen LogP contribution in [0.25, 0.3) is 11.2 Å². The lowest BCUT2D eigenvalue weighted by molar-refractivity contribution is 0.180. The number of imidazole rings is 1. The molecule has 0 saturated carbocycles. The SMILES string of the molecule is C[C@@H](O)CCCCn1c(=O)c2c(ncn2C)n(CCCCCCN)c1=O. The molecule has 2 heterocycles. The van der Waals surface area contributed by atoms with Crippen LogP contribution in [0.4, 0.5) is 0 Å². The lowest BCUT2D eigenvalue weighted by atomic mass is 10.2. The Morgan fingerprint density at radius 1 is 1.08 bits per heavy atom. The Balaban J connectivity index is 2.25. The number of aliphatic hydroxyl groups excluding tert-OH is 1. The maximum absolute atomic E-state index is 12.9. The van der Waals surface area contributed by atoms with Gasteiger partial charge in [-0.1, -0.05) is 12.8 Å². The molecule has 146 valence electrons. The molecule has 8 heteroatoms. The molecule has 0 aliphatic carbocycles. The van der Waals surface area contributed by atoms with Gasteiger partial charge in [-0.3, -0.25) is 13.9 Å². The quantitative estimate of drug-likeness (QED) is 0.577. The number of nitrogens with two attached hydrogens (primary N) is 1. The minimum absolute atomic E-state index is 0.290. The maximum Gasteiger partial charge on any atom is 0.332 e. The van der Waals surface area contributed by atoms with Crippen molar-refractivity contribution in [3.63, 3.8) is 0 Å². The molecule has 0 aliphatic rings. The normalized spacial score (nSPS) is 12.8. The van der Waals surface area contributed by atoms with Gasteiger partial charge in [-0.25, -0.2) is 9.78 Å². The molecule has 0 aromatic carbocycles. The highest BCUT2D eigenvalue weighted by Crippen LogP contribution is 2.08. The van der Waals surface area contributed by atoms with Crippen LogP contribution in [0.1, 0.15) is 51.9 Å². The first kappa shape index (κ1) is 20.4. The molecule has 0 amide bonds. The number of hydrogen-bond donors (Lipinski definition) is 2. The summed E-state index contributed by atoms with van der Waals surface area (Å²) in [6, 6.07) is 0. The van der Waals surface area contributed by atoms with Crippen LogP contribution in [0.3, 0.4) is 0 Å². The van der Waals surface area contributed by atoms with Crippen molar-refractivity contribution < 1.29 is 5.11 Å². The van der Waals surface area contributed by atoms with Gasteiger partial charge < -0.3 is 15.4 Å². The Morgan fingerprint density at radius 2 is 1.73 bits per heavy atom. The molecule has 0 spiro atoms. The minimum atomic E-state index is -0.364. The van der Waals surface area contributed by atoms with Gasteiger partial charge in [0.05, 0.1) is 12.4 Å². The maximum atomic E-state index is 12.9. The van der Waals surface area contributed by atoms with Gasteiger partial charge >= 0.3 is 5.69 Å². The molecule has 2 aromatic heterocycles. The standard InChI is InChI=1S/C18H31N5O3/c1-14(24)9-5-8-12-23-17(25)15-16(20-13-21(15)2)22(18(23)26)11-7-4-3-6-10-19/h13-14,24H,3-12,19H2,1-2H3/t14-/m1/s1. The molecule has 3 N–H and O–H groups in total. The van der Waals surface area contributed by atoms with Gasteiger partial charge in [0.1, 0.15) is 0 Å². The number of aliphatic hydroxyl groups is 1. The topological polar surface area (TPSA) is 108 Å². The monoisotopic (exact) mass is 365 g/mol. The summed E-state index contributed by atoms with van der Waals surface area (Å²) in [6.07, 6.45) is 7.19. The zero-order chi connectivity index (χ0) is 19.1. The molecule has 1 atom stereocenters. The summed E-state index contributed by atoms with van der Waals surface area (Å²) in [5.74, 6) is 0. The van der Waals surface area contributed by atoms with E-state index in [1.807, 2.05) is 0 Å². The van der Waals surface area contributed by atoms with Gasteiger partial charge in [-0.05, 0) is 45.6 Å². The van der Waals surface area contributed by atoms with Crippen molar-refractivity contribution >= 4 is 11.2 Å². The van der Waals surface area contributed by atoms with Crippen LogP contribution in [-0.4, -0.2) is 36.4 Å². The van der Waals surface area contributed by atoms with Crippen molar-refractivity contribution in [3.05, 3.63) is 27.2 Å². The molecule has 0 bridgehead atoms. The van der Waals surface area contributed by atoms with Gasteiger partial charge in [0.15, 0.2) is 11.2 Å². The van der Waals surface area contributed by atoms with E-state index >= 15 is 0 Å². The number of aryl methyl sites for hydroxylation is 2. The first-order valence-corrected chi connectivity index (χ1v) is 9.50. The summed E-state index contributed by atoms with van der Waals surface area (Å²) >= 11 is 0. The molecule has 8 nitrogen and oxygen atoms in total. The second-order valence-electron chi connectivity index (χ2n) is 6.97. The Bertz CT molecular complexity index is 819. The first-order chi connectivity index (χ1) is 12.5. The highest BCUT2D eigenvalue weighted by atomic mass is 16.3. The molecular weight excluding hydrogens is 334 g/mol. The second-order valence-corrected chi connectivity index (χ2v) is 6.97. The molecule has 26 heavy (non-hydrogen) atoms. The molecule has 0 aliphatic heterocycles. The van der Waals surface area contributed by atoms with E-state index in [2.05, 4.69) is 4.98 Å². The third-order valence-electron chi connectivity index (χ3n) is 4.67. The van der Waals surface area contributed by atoms with E-state index < -0.39 is 0 Å². The summed E-state index contributed by atoms with van der Waals surface area (Å²) in [5.41, 5.74) is 5.85. The molecular formula is C18H31N5O3. The Hall–Kier alpha value is -1.93. The predicted molar refractivity (Wildman–Crippen MR) is 102 cm³/mol. The highest BCUT2D eigenvalue weighted by Gasteiger charge is 2.16. The first-order valence-electron chi connectivity index (χ1n) is 9.50. The molecule has 0 fully saturated rings. The zero-order valence-corrected chi connectivity index (χ0v) is 15.9. The van der Waals surface area contributed by atoms with Gasteiger partial charge in [0.25, 0.3) is 5.56 Å². The average Bonchev–Trinajstić information content (AvgIpc) is 2.98. The van der Waals surface area contributed by atoms with Crippen molar-refractivity contribution in [1.29, 1.82) is 0 Å². The fourth-order valence-electron chi connectivity index (χ4n) is 3.19. The van der Waals surface area contributed by atoms with Gasteiger partial charge in [0.2, 0.25) is 0 Å². The summed E-state index contributed by atoms with van der Waals surface area (Å²) in [6.45, 7) is 3.33. The summed E-state index contributed by atoms with van der Waals surface area (Å²) < 4.78 is 4.61. The van der Waals surface area contributed by atoms with Crippen LogP contribution < -0.4 is 17.0 Å². The van der Waals surface area contributed by atoms with Crippen LogP contribution in [0.15, 0.2) is 15.9 Å². The fraction of sp³-hybridized carbons (Fsp3) is 0.722. The summed E-state index contributed by atoms with van der Waals surface area (Å²) in [5, 5.41) is 9.36. The smallest absolute Gasteiger partial charge is 0.332 e. The average molecular weight is 365 g/mol. The summed E-state index contributed by atoms with van der Waals surface area (Å²) in [4.78, 5) is 29.9. The van der Waals surface area contributed by atoms with Crippen molar-refractivity contribution in [2.45, 2.75) is 71.1 Å². The van der Waals surface area contributed by atoms with E-state index in [4.69, 9.17) is 5.73 Å². The van der Waals surface area contributed by atoms with Crippen molar-refractivity contribution in [1.82, 2.24) is 18.7 Å².